The van der Waals surface area contributed by atoms with E-state index in [-0.39, 0.29) is 19.0 Å². The van der Waals surface area contributed by atoms with Crippen molar-refractivity contribution in [3.63, 3.8) is 0 Å². The fourth-order valence-electron chi connectivity index (χ4n) is 0.228. The van der Waals surface area contributed by atoms with Gasteiger partial charge in [0, 0.05) is 0 Å². The Morgan fingerprint density at radius 3 is 2.75 bits per heavy atom. The van der Waals surface area contributed by atoms with Gasteiger partial charge in [-0.2, -0.15) is 0 Å². The summed E-state index contributed by atoms with van der Waals surface area (Å²) >= 11 is 0. The maximum atomic E-state index is 10.2. The van der Waals surface area contributed by atoms with E-state index in [4.69, 9.17) is 5.73 Å². The Balaban J connectivity index is 3.11. The summed E-state index contributed by atoms with van der Waals surface area (Å²) in [5, 5.41) is 2.25. The van der Waals surface area contributed by atoms with Crippen molar-refractivity contribution >= 4 is 12.2 Å². The van der Waals surface area contributed by atoms with E-state index in [0.29, 0.717) is 6.29 Å². The molecule has 0 rings (SSSR count). The number of nitrogens with two attached hydrogens (primary N) is 1. The van der Waals surface area contributed by atoms with Crippen molar-refractivity contribution in [2.75, 3.05) is 13.1 Å². The highest BCUT2D eigenvalue weighted by molar-refractivity contribution is 5.79. The maximum Gasteiger partial charge on any atom is 0.234 e. The van der Waals surface area contributed by atoms with Gasteiger partial charge in [-0.3, -0.25) is 4.79 Å². The second kappa shape index (κ2) is 4.26. The van der Waals surface area contributed by atoms with Gasteiger partial charge in [0.1, 0.15) is 6.29 Å². The van der Waals surface area contributed by atoms with Crippen LogP contribution in [0.25, 0.3) is 0 Å². The van der Waals surface area contributed by atoms with Gasteiger partial charge in [-0.25, -0.2) is 0 Å². The molecule has 0 aromatic heterocycles. The maximum absolute atomic E-state index is 10.2. The van der Waals surface area contributed by atoms with E-state index in [1.165, 1.54) is 0 Å². The van der Waals surface area contributed by atoms with E-state index in [1.807, 2.05) is 0 Å². The van der Waals surface area contributed by atoms with Crippen LogP contribution in [0, 0.1) is 0 Å². The van der Waals surface area contributed by atoms with Crippen LogP contribution in [0.4, 0.5) is 0 Å². The Labute approximate surface area is 47.0 Å². The smallest absolute Gasteiger partial charge is 0.234 e. The van der Waals surface area contributed by atoms with Gasteiger partial charge in [-0.05, 0) is 0 Å². The molecule has 0 atom stereocenters. The molecule has 0 aliphatic carbocycles. The molecule has 1 amide bonds. The van der Waals surface area contributed by atoms with Gasteiger partial charge in [-0.15, -0.1) is 0 Å². The van der Waals surface area contributed by atoms with Crippen molar-refractivity contribution in [1.82, 2.24) is 5.32 Å². The molecule has 0 saturated carbocycles. The van der Waals surface area contributed by atoms with Crippen LogP contribution in [0.15, 0.2) is 0 Å². The van der Waals surface area contributed by atoms with Gasteiger partial charge < -0.3 is 15.8 Å². The van der Waals surface area contributed by atoms with Crippen LogP contribution in [0.5, 0.6) is 0 Å². The summed E-state index contributed by atoms with van der Waals surface area (Å²) in [4.78, 5) is 19.7. The van der Waals surface area contributed by atoms with Gasteiger partial charge in [0.2, 0.25) is 5.91 Å². The molecular formula is C4H8N2O2. The molecule has 0 heterocycles. The molecule has 0 radical (unpaired) electrons. The Morgan fingerprint density at radius 1 is 1.75 bits per heavy atom. The number of hydrogen-bond acceptors (Lipinski definition) is 3. The zero-order chi connectivity index (χ0) is 6.41. The van der Waals surface area contributed by atoms with Gasteiger partial charge in [0.25, 0.3) is 0 Å². The third-order valence-electron chi connectivity index (χ3n) is 0.568. The summed E-state index contributed by atoms with van der Waals surface area (Å²) in [6.07, 6.45) is 0.605. The average molecular weight is 116 g/mol. The first-order valence-electron chi connectivity index (χ1n) is 2.21. The largest absolute Gasteiger partial charge is 0.348 e. The van der Waals surface area contributed by atoms with Gasteiger partial charge in [0.15, 0.2) is 0 Å². The second-order valence-electron chi connectivity index (χ2n) is 1.17. The topological polar surface area (TPSA) is 72.2 Å². The highest BCUT2D eigenvalue weighted by atomic mass is 16.2. The summed E-state index contributed by atoms with van der Waals surface area (Å²) in [6, 6.07) is 0. The monoisotopic (exact) mass is 116 g/mol. The number of hydrogen-bond donors (Lipinski definition) is 2. The standard InChI is InChI=1S/C4H8N2O2/c5-3-4(8)6-1-2-7/h2H,1,3,5H2,(H,6,8). The quantitative estimate of drug-likeness (QED) is 0.430. The van der Waals surface area contributed by atoms with E-state index in [0.717, 1.165) is 0 Å². The highest BCUT2D eigenvalue weighted by Crippen LogP contribution is 1.53. The van der Waals surface area contributed by atoms with E-state index in [2.05, 4.69) is 5.32 Å². The molecule has 0 spiro atoms. The SMILES string of the molecule is NCC(=O)NCC=O. The van der Waals surface area contributed by atoms with Gasteiger partial charge in [-0.1, -0.05) is 0 Å². The highest BCUT2D eigenvalue weighted by Gasteiger charge is 1.91. The fraction of sp³-hybridized carbons (Fsp3) is 0.500. The molecule has 4 nitrogen and oxygen atoms in total. The zero-order valence-corrected chi connectivity index (χ0v) is 4.39. The van der Waals surface area contributed by atoms with E-state index in [9.17, 15) is 9.59 Å². The first-order valence-corrected chi connectivity index (χ1v) is 2.21. The molecule has 0 fully saturated rings. The molecule has 0 aromatic rings. The minimum atomic E-state index is -0.308. The Kier molecular flexibility index (Phi) is 3.78. The zero-order valence-electron chi connectivity index (χ0n) is 4.39. The Bertz CT molecular complexity index is 92.0. The number of carbonyl (C=O) groups is 2. The second-order valence-corrected chi connectivity index (χ2v) is 1.17. The lowest BCUT2D eigenvalue weighted by atomic mass is 10.6. The van der Waals surface area contributed by atoms with Crippen LogP contribution in [0.3, 0.4) is 0 Å². The van der Waals surface area contributed by atoms with Crippen LogP contribution in [0.2, 0.25) is 0 Å². The lowest BCUT2D eigenvalue weighted by Crippen LogP contribution is -2.31. The minimum absolute atomic E-state index is 0.0516. The molecule has 46 valence electrons. The number of carbonyl (C=O) groups excluding carboxylic acids is 2. The fourth-order valence-corrected chi connectivity index (χ4v) is 0.228. The molecule has 0 saturated heterocycles. The number of nitrogens with one attached hydrogen (secondary N) is 1. The van der Waals surface area contributed by atoms with Crippen molar-refractivity contribution in [2.24, 2.45) is 5.73 Å². The first kappa shape index (κ1) is 7.10. The van der Waals surface area contributed by atoms with Crippen LogP contribution >= 0.6 is 0 Å². The third kappa shape index (κ3) is 3.30. The molecule has 0 aromatic carbocycles. The van der Waals surface area contributed by atoms with Crippen LogP contribution in [-0.4, -0.2) is 25.3 Å². The summed E-state index contributed by atoms with van der Waals surface area (Å²) in [5.41, 5.74) is 4.88. The first-order chi connectivity index (χ1) is 3.81. The van der Waals surface area contributed by atoms with Crippen LogP contribution < -0.4 is 11.1 Å². The number of rotatable bonds is 3. The van der Waals surface area contributed by atoms with Crippen molar-refractivity contribution in [3.8, 4) is 0 Å². The predicted octanol–water partition coefficient (Wildman–Crippen LogP) is -1.74. The molecule has 3 N–H and O–H groups in total. The van der Waals surface area contributed by atoms with Crippen LogP contribution in [0.1, 0.15) is 0 Å². The predicted molar refractivity (Wildman–Crippen MR) is 28.1 cm³/mol. The van der Waals surface area contributed by atoms with Crippen LogP contribution in [-0.2, 0) is 9.59 Å². The van der Waals surface area contributed by atoms with Crippen molar-refractivity contribution in [2.45, 2.75) is 0 Å². The molecule has 0 unspecified atom stereocenters. The molecule has 0 aliphatic rings. The van der Waals surface area contributed by atoms with Gasteiger partial charge in [0.05, 0.1) is 13.1 Å². The van der Waals surface area contributed by atoms with Crippen molar-refractivity contribution in [3.05, 3.63) is 0 Å². The number of amides is 1. The van der Waals surface area contributed by atoms with E-state index < -0.39 is 0 Å². The van der Waals surface area contributed by atoms with Gasteiger partial charge >= 0.3 is 0 Å². The average Bonchev–Trinajstić information content (AvgIpc) is 1.83. The summed E-state index contributed by atoms with van der Waals surface area (Å²) < 4.78 is 0. The van der Waals surface area contributed by atoms with Crippen molar-refractivity contribution in [1.29, 1.82) is 0 Å². The number of aldehydes is 1. The molecule has 0 aliphatic heterocycles. The molecule has 4 heteroatoms. The Hall–Kier alpha value is -0.900. The Morgan fingerprint density at radius 2 is 2.38 bits per heavy atom. The lowest BCUT2D eigenvalue weighted by molar-refractivity contribution is -0.121. The lowest BCUT2D eigenvalue weighted by Gasteiger charge is -1.93. The molecular weight excluding hydrogens is 108 g/mol. The summed E-state index contributed by atoms with van der Waals surface area (Å²) in [5.74, 6) is -0.308. The minimum Gasteiger partial charge on any atom is -0.348 e. The van der Waals surface area contributed by atoms with Crippen molar-refractivity contribution < 1.29 is 9.59 Å². The molecule has 8 heavy (non-hydrogen) atoms. The van der Waals surface area contributed by atoms with E-state index in [1.54, 1.807) is 0 Å². The summed E-state index contributed by atoms with van der Waals surface area (Å²) in [7, 11) is 0. The summed E-state index contributed by atoms with van der Waals surface area (Å²) in [6.45, 7) is -0.0100. The molecule has 0 bridgehead atoms. The third-order valence-corrected chi connectivity index (χ3v) is 0.568. The van der Waals surface area contributed by atoms with E-state index >= 15 is 0 Å². The normalized spacial score (nSPS) is 8.12.